The zero-order valence-corrected chi connectivity index (χ0v) is 19.2. The SMILES string of the molecule is CCN1CCN(CC(=O)N(C)C[C@@H]2CCCN(CCc3ccccc3OC)C2)CC1. The van der Waals surface area contributed by atoms with Gasteiger partial charge in [-0.3, -0.25) is 9.69 Å². The number of piperidine rings is 1. The van der Waals surface area contributed by atoms with Crippen molar-refractivity contribution in [3.63, 3.8) is 0 Å². The van der Waals surface area contributed by atoms with Gasteiger partial charge < -0.3 is 19.4 Å². The number of likely N-dealkylation sites (N-methyl/N-ethyl adjacent to an activating group) is 2. The minimum Gasteiger partial charge on any atom is -0.496 e. The van der Waals surface area contributed by atoms with E-state index in [-0.39, 0.29) is 5.91 Å². The smallest absolute Gasteiger partial charge is 0.236 e. The maximum absolute atomic E-state index is 12.7. The number of methoxy groups -OCH3 is 1. The molecule has 1 aromatic carbocycles. The van der Waals surface area contributed by atoms with Crippen molar-refractivity contribution in [3.05, 3.63) is 29.8 Å². The Kier molecular flexibility index (Phi) is 8.97. The van der Waals surface area contributed by atoms with Crippen LogP contribution in [-0.4, -0.2) is 105 Å². The number of amides is 1. The highest BCUT2D eigenvalue weighted by atomic mass is 16.5. The number of para-hydroxylation sites is 1. The van der Waals surface area contributed by atoms with Crippen LogP contribution in [0.5, 0.6) is 5.75 Å². The number of carbonyl (C=O) groups is 1. The fraction of sp³-hybridized carbons (Fsp3) is 0.708. The summed E-state index contributed by atoms with van der Waals surface area (Å²) >= 11 is 0. The molecule has 0 radical (unpaired) electrons. The predicted molar refractivity (Wildman–Crippen MR) is 122 cm³/mol. The van der Waals surface area contributed by atoms with Gasteiger partial charge in [-0.2, -0.15) is 0 Å². The van der Waals surface area contributed by atoms with Gasteiger partial charge in [0.2, 0.25) is 5.91 Å². The van der Waals surface area contributed by atoms with E-state index < -0.39 is 0 Å². The average Bonchev–Trinajstić information content (AvgIpc) is 2.78. The lowest BCUT2D eigenvalue weighted by Gasteiger charge is -2.36. The van der Waals surface area contributed by atoms with Crippen LogP contribution in [0.25, 0.3) is 0 Å². The van der Waals surface area contributed by atoms with Crippen LogP contribution < -0.4 is 4.74 Å². The molecule has 0 unspecified atom stereocenters. The number of nitrogens with zero attached hydrogens (tertiary/aromatic N) is 4. The Morgan fingerprint density at radius 3 is 2.57 bits per heavy atom. The van der Waals surface area contributed by atoms with Gasteiger partial charge >= 0.3 is 0 Å². The van der Waals surface area contributed by atoms with Crippen LogP contribution in [0, 0.1) is 5.92 Å². The van der Waals surface area contributed by atoms with Crippen LogP contribution in [-0.2, 0) is 11.2 Å². The lowest BCUT2D eigenvalue weighted by atomic mass is 9.97. The molecule has 0 spiro atoms. The van der Waals surface area contributed by atoms with Crippen LogP contribution in [0.3, 0.4) is 0 Å². The summed E-state index contributed by atoms with van der Waals surface area (Å²) in [5.74, 6) is 1.82. The first-order valence-electron chi connectivity index (χ1n) is 11.6. The molecule has 0 aliphatic carbocycles. The van der Waals surface area contributed by atoms with E-state index in [0.717, 1.165) is 71.1 Å². The van der Waals surface area contributed by atoms with E-state index in [9.17, 15) is 4.79 Å². The molecule has 2 fully saturated rings. The third-order valence-electron chi connectivity index (χ3n) is 6.72. The Bertz CT molecular complexity index is 660. The molecule has 0 N–H and O–H groups in total. The highest BCUT2D eigenvalue weighted by Crippen LogP contribution is 2.21. The third-order valence-corrected chi connectivity index (χ3v) is 6.72. The predicted octanol–water partition coefficient (Wildman–Crippen LogP) is 2.05. The highest BCUT2D eigenvalue weighted by molar-refractivity contribution is 5.78. The lowest BCUT2D eigenvalue weighted by Crippen LogP contribution is -2.50. The van der Waals surface area contributed by atoms with Gasteiger partial charge in [-0.1, -0.05) is 25.1 Å². The second-order valence-corrected chi connectivity index (χ2v) is 8.86. The van der Waals surface area contributed by atoms with Crippen molar-refractivity contribution in [2.75, 3.05) is 79.6 Å². The number of likely N-dealkylation sites (tertiary alicyclic amines) is 1. The molecule has 1 amide bonds. The van der Waals surface area contributed by atoms with E-state index in [1.165, 1.54) is 18.4 Å². The lowest BCUT2D eigenvalue weighted by molar-refractivity contribution is -0.132. The number of rotatable bonds is 9. The van der Waals surface area contributed by atoms with Crippen LogP contribution in [0.4, 0.5) is 0 Å². The molecule has 168 valence electrons. The summed E-state index contributed by atoms with van der Waals surface area (Å²) in [7, 11) is 3.73. The van der Waals surface area contributed by atoms with E-state index in [2.05, 4.69) is 33.8 Å². The van der Waals surface area contributed by atoms with E-state index >= 15 is 0 Å². The van der Waals surface area contributed by atoms with Crippen molar-refractivity contribution >= 4 is 5.91 Å². The molecule has 3 rings (SSSR count). The van der Waals surface area contributed by atoms with Crippen molar-refractivity contribution in [3.8, 4) is 5.75 Å². The first kappa shape index (κ1) is 23.0. The van der Waals surface area contributed by atoms with Crippen molar-refractivity contribution < 1.29 is 9.53 Å². The Labute approximate surface area is 182 Å². The minimum absolute atomic E-state index is 0.270. The Hall–Kier alpha value is -1.63. The summed E-state index contributed by atoms with van der Waals surface area (Å²) in [6, 6.07) is 8.30. The fourth-order valence-electron chi connectivity index (χ4n) is 4.76. The zero-order chi connectivity index (χ0) is 21.3. The number of ether oxygens (including phenoxy) is 1. The summed E-state index contributed by atoms with van der Waals surface area (Å²) in [5.41, 5.74) is 1.28. The van der Waals surface area contributed by atoms with Gasteiger partial charge in [0.25, 0.3) is 0 Å². The van der Waals surface area contributed by atoms with Gasteiger partial charge in [-0.05, 0) is 49.9 Å². The fourth-order valence-corrected chi connectivity index (χ4v) is 4.76. The first-order chi connectivity index (χ1) is 14.6. The van der Waals surface area contributed by atoms with Gasteiger partial charge in [-0.15, -0.1) is 0 Å². The highest BCUT2D eigenvalue weighted by Gasteiger charge is 2.24. The summed E-state index contributed by atoms with van der Waals surface area (Å²) in [6.45, 7) is 12.2. The standard InChI is InChI=1S/C24H40N4O2/c1-4-26-14-16-28(17-15-26)20-24(29)25(2)18-21-8-7-12-27(19-21)13-11-22-9-5-6-10-23(22)30-3/h5-6,9-10,21H,4,7-8,11-20H2,1-3H3/t21-/m0/s1. The van der Waals surface area contributed by atoms with E-state index in [1.54, 1.807) is 7.11 Å². The molecule has 2 heterocycles. The van der Waals surface area contributed by atoms with Crippen LogP contribution in [0.15, 0.2) is 24.3 Å². The summed E-state index contributed by atoms with van der Waals surface area (Å²) in [6.07, 6.45) is 3.45. The van der Waals surface area contributed by atoms with E-state index in [0.29, 0.717) is 12.5 Å². The minimum atomic E-state index is 0.270. The van der Waals surface area contributed by atoms with Crippen LogP contribution in [0.2, 0.25) is 0 Å². The molecule has 1 aromatic rings. The molecule has 0 bridgehead atoms. The molecule has 2 saturated heterocycles. The van der Waals surface area contributed by atoms with E-state index in [1.807, 2.05) is 24.1 Å². The largest absolute Gasteiger partial charge is 0.496 e. The molecule has 6 nitrogen and oxygen atoms in total. The van der Waals surface area contributed by atoms with Crippen LogP contribution in [0.1, 0.15) is 25.3 Å². The van der Waals surface area contributed by atoms with Gasteiger partial charge in [0.15, 0.2) is 0 Å². The number of piperazine rings is 1. The molecule has 2 aliphatic rings. The summed E-state index contributed by atoms with van der Waals surface area (Å²) < 4.78 is 5.49. The molecule has 30 heavy (non-hydrogen) atoms. The average molecular weight is 417 g/mol. The number of carbonyl (C=O) groups excluding carboxylic acids is 1. The zero-order valence-electron chi connectivity index (χ0n) is 19.2. The number of hydrogen-bond donors (Lipinski definition) is 0. The number of hydrogen-bond acceptors (Lipinski definition) is 5. The van der Waals surface area contributed by atoms with Crippen molar-refractivity contribution in [2.45, 2.75) is 26.2 Å². The Balaban J connectivity index is 1.41. The summed E-state index contributed by atoms with van der Waals surface area (Å²) in [5, 5.41) is 0. The topological polar surface area (TPSA) is 39.3 Å². The molecule has 1 atom stereocenters. The van der Waals surface area contributed by atoms with Crippen LogP contribution >= 0.6 is 0 Å². The molecule has 0 aromatic heterocycles. The maximum atomic E-state index is 12.7. The van der Waals surface area contributed by atoms with Crippen molar-refractivity contribution in [1.82, 2.24) is 19.6 Å². The molecular formula is C24H40N4O2. The van der Waals surface area contributed by atoms with Crippen molar-refractivity contribution in [1.29, 1.82) is 0 Å². The van der Waals surface area contributed by atoms with Gasteiger partial charge in [0.05, 0.1) is 13.7 Å². The Morgan fingerprint density at radius 1 is 1.10 bits per heavy atom. The molecule has 2 aliphatic heterocycles. The monoisotopic (exact) mass is 416 g/mol. The first-order valence-corrected chi connectivity index (χ1v) is 11.6. The summed E-state index contributed by atoms with van der Waals surface area (Å²) in [4.78, 5) is 22.0. The maximum Gasteiger partial charge on any atom is 0.236 e. The molecule has 6 heteroatoms. The normalized spacial score (nSPS) is 21.5. The molecular weight excluding hydrogens is 376 g/mol. The second-order valence-electron chi connectivity index (χ2n) is 8.86. The third kappa shape index (κ3) is 6.69. The Morgan fingerprint density at radius 2 is 1.83 bits per heavy atom. The quantitative estimate of drug-likeness (QED) is 0.616. The van der Waals surface area contributed by atoms with Gasteiger partial charge in [-0.25, -0.2) is 0 Å². The van der Waals surface area contributed by atoms with Crippen molar-refractivity contribution in [2.24, 2.45) is 5.92 Å². The molecule has 0 saturated carbocycles. The van der Waals surface area contributed by atoms with Gasteiger partial charge in [0.1, 0.15) is 5.75 Å². The van der Waals surface area contributed by atoms with E-state index in [4.69, 9.17) is 4.74 Å². The number of benzene rings is 1. The second kappa shape index (κ2) is 11.7. The van der Waals surface area contributed by atoms with Gasteiger partial charge in [0, 0.05) is 52.9 Å².